The van der Waals surface area contributed by atoms with E-state index in [4.69, 9.17) is 0 Å². The molecule has 0 atom stereocenters. The van der Waals surface area contributed by atoms with Gasteiger partial charge in [-0.05, 0) is 48.9 Å². The van der Waals surface area contributed by atoms with Crippen molar-refractivity contribution in [1.82, 2.24) is 4.98 Å². The normalized spacial score (nSPS) is 20.6. The molecule has 128 valence electrons. The lowest BCUT2D eigenvalue weighted by molar-refractivity contribution is -0.919. The highest BCUT2D eigenvalue weighted by atomic mass is 16.3. The number of aromatic hydroxyl groups is 1. The van der Waals surface area contributed by atoms with Crippen LogP contribution in [0.2, 0.25) is 0 Å². The first kappa shape index (κ1) is 16.1. The molecule has 3 aromatic rings. The van der Waals surface area contributed by atoms with Crippen molar-refractivity contribution in [1.29, 1.82) is 0 Å². The summed E-state index contributed by atoms with van der Waals surface area (Å²) in [4.78, 5) is 5.97. The van der Waals surface area contributed by atoms with Crippen molar-refractivity contribution < 1.29 is 10.0 Å². The minimum atomic E-state index is 0.274. The molecule has 1 aliphatic heterocycles. The van der Waals surface area contributed by atoms with Gasteiger partial charge in [-0.25, -0.2) is 0 Å². The minimum Gasteiger partial charge on any atom is -0.506 e. The van der Waals surface area contributed by atoms with E-state index in [0.717, 1.165) is 23.4 Å². The van der Waals surface area contributed by atoms with Crippen molar-refractivity contribution in [3.8, 4) is 5.75 Å². The standard InChI is InChI=1S/C22H24N2O/c25-21-9-8-19(20-7-4-12-23-22(20)21)16-24-13-10-18(11-14-24)15-17-5-2-1-3-6-17/h1-9,12,18,25H,10-11,13-16H2/p+1. The number of nitrogens with one attached hydrogen (secondary N) is 1. The number of benzene rings is 2. The van der Waals surface area contributed by atoms with Crippen molar-refractivity contribution in [2.24, 2.45) is 5.92 Å². The third kappa shape index (κ3) is 3.67. The van der Waals surface area contributed by atoms with Crippen LogP contribution in [0.4, 0.5) is 0 Å². The fourth-order valence-corrected chi connectivity index (χ4v) is 4.05. The Morgan fingerprint density at radius 1 is 0.960 bits per heavy atom. The summed E-state index contributed by atoms with van der Waals surface area (Å²) in [6.07, 6.45) is 5.53. The van der Waals surface area contributed by atoms with E-state index in [1.54, 1.807) is 17.2 Å². The van der Waals surface area contributed by atoms with Crippen molar-refractivity contribution >= 4 is 10.9 Å². The molecule has 2 N–H and O–H groups in total. The molecule has 1 saturated heterocycles. The van der Waals surface area contributed by atoms with Gasteiger partial charge in [-0.15, -0.1) is 0 Å². The first-order valence-electron chi connectivity index (χ1n) is 9.22. The van der Waals surface area contributed by atoms with E-state index >= 15 is 0 Å². The van der Waals surface area contributed by atoms with Crippen LogP contribution in [0.3, 0.4) is 0 Å². The smallest absolute Gasteiger partial charge is 0.141 e. The monoisotopic (exact) mass is 333 g/mol. The number of likely N-dealkylation sites (tertiary alicyclic amines) is 1. The number of hydrogen-bond acceptors (Lipinski definition) is 2. The fraction of sp³-hybridized carbons (Fsp3) is 0.318. The van der Waals surface area contributed by atoms with Crippen LogP contribution in [0.15, 0.2) is 60.8 Å². The SMILES string of the molecule is Oc1ccc(C[NH+]2CCC(Cc3ccccc3)CC2)c2cccnc12. The lowest BCUT2D eigenvalue weighted by Gasteiger charge is -2.29. The molecule has 0 radical (unpaired) electrons. The molecule has 0 aliphatic carbocycles. The maximum Gasteiger partial charge on any atom is 0.141 e. The molecule has 0 amide bonds. The van der Waals surface area contributed by atoms with E-state index in [0.29, 0.717) is 0 Å². The highest BCUT2D eigenvalue weighted by Crippen LogP contribution is 2.25. The Morgan fingerprint density at radius 3 is 2.56 bits per heavy atom. The van der Waals surface area contributed by atoms with Crippen LogP contribution < -0.4 is 4.90 Å². The van der Waals surface area contributed by atoms with E-state index in [2.05, 4.69) is 47.4 Å². The number of nitrogens with zero attached hydrogens (tertiary/aromatic N) is 1. The van der Waals surface area contributed by atoms with Gasteiger partial charge in [0.15, 0.2) is 0 Å². The summed E-state index contributed by atoms with van der Waals surface area (Å²) in [7, 11) is 0. The first-order valence-corrected chi connectivity index (χ1v) is 9.22. The van der Waals surface area contributed by atoms with Crippen LogP contribution in [0.5, 0.6) is 5.75 Å². The lowest BCUT2D eigenvalue weighted by atomic mass is 9.90. The second-order valence-corrected chi connectivity index (χ2v) is 7.20. The molecule has 25 heavy (non-hydrogen) atoms. The largest absolute Gasteiger partial charge is 0.506 e. The molecule has 0 spiro atoms. The van der Waals surface area contributed by atoms with Crippen molar-refractivity contribution in [2.75, 3.05) is 13.1 Å². The Kier molecular flexibility index (Phi) is 4.66. The highest BCUT2D eigenvalue weighted by Gasteiger charge is 2.23. The summed E-state index contributed by atoms with van der Waals surface area (Å²) in [6, 6.07) is 18.7. The van der Waals surface area contributed by atoms with Crippen LogP contribution in [-0.2, 0) is 13.0 Å². The predicted molar refractivity (Wildman–Crippen MR) is 101 cm³/mol. The number of phenols is 1. The second kappa shape index (κ2) is 7.24. The van der Waals surface area contributed by atoms with Crippen molar-refractivity contribution in [2.45, 2.75) is 25.8 Å². The van der Waals surface area contributed by atoms with E-state index in [9.17, 15) is 5.11 Å². The van der Waals surface area contributed by atoms with Gasteiger partial charge < -0.3 is 10.0 Å². The van der Waals surface area contributed by atoms with E-state index in [1.807, 2.05) is 6.07 Å². The fourth-order valence-electron chi connectivity index (χ4n) is 4.05. The molecule has 2 heterocycles. The lowest BCUT2D eigenvalue weighted by Crippen LogP contribution is -3.11. The van der Waals surface area contributed by atoms with Gasteiger partial charge in [-0.2, -0.15) is 0 Å². The molecule has 1 aliphatic rings. The Bertz CT molecular complexity index is 839. The summed E-state index contributed by atoms with van der Waals surface area (Å²) >= 11 is 0. The number of phenolic OH excluding ortho intramolecular Hbond substituents is 1. The van der Waals surface area contributed by atoms with Gasteiger partial charge in [0, 0.05) is 17.1 Å². The summed E-state index contributed by atoms with van der Waals surface area (Å²) in [5, 5.41) is 11.1. The van der Waals surface area contributed by atoms with Crippen LogP contribution in [0.25, 0.3) is 10.9 Å². The quantitative estimate of drug-likeness (QED) is 0.770. The first-order chi connectivity index (χ1) is 12.3. The zero-order valence-electron chi connectivity index (χ0n) is 14.5. The number of quaternary nitrogens is 1. The molecular formula is C22H25N2O+. The maximum absolute atomic E-state index is 10.0. The average Bonchev–Trinajstić information content (AvgIpc) is 2.67. The van der Waals surface area contributed by atoms with Gasteiger partial charge in [0.2, 0.25) is 0 Å². The van der Waals surface area contributed by atoms with Gasteiger partial charge >= 0.3 is 0 Å². The van der Waals surface area contributed by atoms with Gasteiger partial charge in [0.1, 0.15) is 17.8 Å². The van der Waals surface area contributed by atoms with Gasteiger partial charge in [-0.3, -0.25) is 4.98 Å². The minimum absolute atomic E-state index is 0.274. The molecule has 3 nitrogen and oxygen atoms in total. The molecule has 3 heteroatoms. The Balaban J connectivity index is 1.40. The van der Waals surface area contributed by atoms with Crippen LogP contribution in [0.1, 0.15) is 24.0 Å². The molecular weight excluding hydrogens is 308 g/mol. The molecule has 1 aromatic heterocycles. The molecule has 0 bridgehead atoms. The average molecular weight is 333 g/mol. The van der Waals surface area contributed by atoms with Gasteiger partial charge in [-0.1, -0.05) is 36.4 Å². The number of rotatable bonds is 4. The van der Waals surface area contributed by atoms with Gasteiger partial charge in [0.05, 0.1) is 13.1 Å². The summed E-state index contributed by atoms with van der Waals surface area (Å²) in [5.74, 6) is 1.08. The third-order valence-electron chi connectivity index (χ3n) is 5.46. The number of pyridine rings is 1. The van der Waals surface area contributed by atoms with E-state index in [-0.39, 0.29) is 5.75 Å². The maximum atomic E-state index is 10.0. The van der Waals surface area contributed by atoms with Crippen LogP contribution in [-0.4, -0.2) is 23.2 Å². The molecule has 1 fully saturated rings. The number of fused-ring (bicyclic) bond motifs is 1. The number of aromatic nitrogens is 1. The Labute approximate surface area is 148 Å². The molecule has 4 rings (SSSR count). The third-order valence-corrected chi connectivity index (χ3v) is 5.46. The van der Waals surface area contributed by atoms with Crippen LogP contribution in [0, 0.1) is 5.92 Å². The number of hydrogen-bond donors (Lipinski definition) is 2. The van der Waals surface area contributed by atoms with Crippen molar-refractivity contribution in [3.63, 3.8) is 0 Å². The topological polar surface area (TPSA) is 37.6 Å². The van der Waals surface area contributed by atoms with Gasteiger partial charge in [0.25, 0.3) is 0 Å². The van der Waals surface area contributed by atoms with E-state index in [1.165, 1.54) is 43.5 Å². The summed E-state index contributed by atoms with van der Waals surface area (Å²) < 4.78 is 0. The zero-order valence-corrected chi connectivity index (χ0v) is 14.5. The summed E-state index contributed by atoms with van der Waals surface area (Å²) in [6.45, 7) is 3.46. The predicted octanol–water partition coefficient (Wildman–Crippen LogP) is 2.98. The molecule has 2 aromatic carbocycles. The Morgan fingerprint density at radius 2 is 1.76 bits per heavy atom. The molecule has 0 unspecified atom stereocenters. The van der Waals surface area contributed by atoms with Crippen molar-refractivity contribution in [3.05, 3.63) is 71.9 Å². The zero-order chi connectivity index (χ0) is 17.1. The number of piperidine rings is 1. The summed E-state index contributed by atoms with van der Waals surface area (Å²) in [5.41, 5.74) is 3.47. The van der Waals surface area contributed by atoms with E-state index < -0.39 is 0 Å². The van der Waals surface area contributed by atoms with Crippen LogP contribution >= 0.6 is 0 Å². The Hall–Kier alpha value is -2.39. The second-order valence-electron chi connectivity index (χ2n) is 7.20. The highest BCUT2D eigenvalue weighted by molar-refractivity contribution is 5.86. The molecule has 0 saturated carbocycles.